The van der Waals surface area contributed by atoms with Gasteiger partial charge in [0.1, 0.15) is 5.82 Å². The van der Waals surface area contributed by atoms with Crippen LogP contribution in [0.25, 0.3) is 0 Å². The molecule has 0 unspecified atom stereocenters. The Morgan fingerprint density at radius 3 is 2.80 bits per heavy atom. The highest BCUT2D eigenvalue weighted by molar-refractivity contribution is 6.31. The van der Waals surface area contributed by atoms with Crippen LogP contribution in [0.4, 0.5) is 5.82 Å². The van der Waals surface area contributed by atoms with Gasteiger partial charge in [0.15, 0.2) is 0 Å². The van der Waals surface area contributed by atoms with Gasteiger partial charge in [-0.15, -0.1) is 0 Å². The Morgan fingerprint density at radius 2 is 2.15 bits per heavy atom. The van der Waals surface area contributed by atoms with E-state index in [1.165, 1.54) is 0 Å². The Hall–Kier alpha value is -1.37. The fourth-order valence-corrected chi connectivity index (χ4v) is 2.55. The van der Waals surface area contributed by atoms with Gasteiger partial charge >= 0.3 is 0 Å². The highest BCUT2D eigenvalue weighted by Crippen LogP contribution is 2.26. The SMILES string of the molecule is CN1CCN(Cc2nc(NN)ccc2Cl)C(C)(C)C1=O. The molecule has 2 heterocycles. The molecule has 1 aromatic heterocycles. The van der Waals surface area contributed by atoms with Crippen LogP contribution in [0.15, 0.2) is 12.1 Å². The summed E-state index contributed by atoms with van der Waals surface area (Å²) in [4.78, 5) is 20.5. The Kier molecular flexibility index (Phi) is 4.17. The second-order valence-electron chi connectivity index (χ2n) is 5.48. The number of hydrazine groups is 1. The van der Waals surface area contributed by atoms with E-state index >= 15 is 0 Å². The van der Waals surface area contributed by atoms with Crippen molar-refractivity contribution >= 4 is 23.3 Å². The number of amides is 1. The highest BCUT2D eigenvalue weighted by atomic mass is 35.5. The van der Waals surface area contributed by atoms with Gasteiger partial charge in [0.2, 0.25) is 5.91 Å². The molecular formula is C13H20ClN5O. The van der Waals surface area contributed by atoms with Crippen molar-refractivity contribution in [3.8, 4) is 0 Å². The van der Waals surface area contributed by atoms with Gasteiger partial charge in [-0.1, -0.05) is 11.6 Å². The van der Waals surface area contributed by atoms with E-state index in [-0.39, 0.29) is 5.91 Å². The minimum absolute atomic E-state index is 0.105. The molecule has 1 aliphatic rings. The predicted molar refractivity (Wildman–Crippen MR) is 79.2 cm³/mol. The number of nitrogens with two attached hydrogens (primary N) is 1. The first kappa shape index (κ1) is 15.0. The smallest absolute Gasteiger partial charge is 0.242 e. The maximum atomic E-state index is 12.3. The van der Waals surface area contributed by atoms with Gasteiger partial charge in [-0.05, 0) is 26.0 Å². The molecule has 110 valence electrons. The molecule has 1 amide bonds. The summed E-state index contributed by atoms with van der Waals surface area (Å²) < 4.78 is 0. The van der Waals surface area contributed by atoms with Crippen LogP contribution in [-0.2, 0) is 11.3 Å². The standard InChI is InChI=1S/C13H20ClN5O/c1-13(2)12(20)18(3)6-7-19(13)8-10-9(14)4-5-11(16-10)17-15/h4-5H,6-8,15H2,1-3H3,(H,16,17). The number of aromatic nitrogens is 1. The zero-order valence-electron chi connectivity index (χ0n) is 12.0. The zero-order valence-corrected chi connectivity index (χ0v) is 12.7. The van der Waals surface area contributed by atoms with Gasteiger partial charge in [0, 0.05) is 26.7 Å². The summed E-state index contributed by atoms with van der Waals surface area (Å²) in [6, 6.07) is 3.47. The second kappa shape index (κ2) is 5.55. The fraction of sp³-hybridized carbons (Fsp3) is 0.538. The molecule has 7 heteroatoms. The summed E-state index contributed by atoms with van der Waals surface area (Å²) in [6.45, 7) is 5.84. The Balaban J connectivity index is 2.23. The van der Waals surface area contributed by atoms with Gasteiger partial charge < -0.3 is 10.3 Å². The van der Waals surface area contributed by atoms with Gasteiger partial charge in [-0.2, -0.15) is 0 Å². The van der Waals surface area contributed by atoms with Gasteiger partial charge in [0.25, 0.3) is 0 Å². The number of carbonyl (C=O) groups excluding carboxylic acids is 1. The largest absolute Gasteiger partial charge is 0.343 e. The number of anilines is 1. The molecule has 1 saturated heterocycles. The lowest BCUT2D eigenvalue weighted by Crippen LogP contribution is -2.61. The maximum Gasteiger partial charge on any atom is 0.242 e. The number of nitrogen functional groups attached to an aromatic ring is 1. The Bertz CT molecular complexity index is 519. The van der Waals surface area contributed by atoms with Crippen LogP contribution < -0.4 is 11.3 Å². The van der Waals surface area contributed by atoms with E-state index in [0.29, 0.717) is 29.6 Å². The van der Waals surface area contributed by atoms with Crippen LogP contribution >= 0.6 is 11.6 Å². The number of piperazine rings is 1. The van der Waals surface area contributed by atoms with Crippen molar-refractivity contribution in [2.45, 2.75) is 25.9 Å². The minimum atomic E-state index is -0.565. The fourth-order valence-electron chi connectivity index (χ4n) is 2.39. The predicted octanol–water partition coefficient (Wildman–Crippen LogP) is 1.07. The summed E-state index contributed by atoms with van der Waals surface area (Å²) in [7, 11) is 1.83. The summed E-state index contributed by atoms with van der Waals surface area (Å²) in [6.07, 6.45) is 0. The second-order valence-corrected chi connectivity index (χ2v) is 5.88. The number of nitrogens with one attached hydrogen (secondary N) is 1. The summed E-state index contributed by atoms with van der Waals surface area (Å²) in [5.74, 6) is 6.03. The summed E-state index contributed by atoms with van der Waals surface area (Å²) in [5, 5.41) is 0.575. The number of rotatable bonds is 3. The van der Waals surface area contributed by atoms with Crippen molar-refractivity contribution in [2.75, 3.05) is 25.6 Å². The van der Waals surface area contributed by atoms with Crippen LogP contribution in [-0.4, -0.2) is 46.4 Å². The third kappa shape index (κ3) is 2.72. The van der Waals surface area contributed by atoms with Gasteiger partial charge in [-0.25, -0.2) is 10.8 Å². The van der Waals surface area contributed by atoms with E-state index in [0.717, 1.165) is 6.54 Å². The number of hydrogen-bond acceptors (Lipinski definition) is 5. The minimum Gasteiger partial charge on any atom is -0.343 e. The van der Waals surface area contributed by atoms with Crippen LogP contribution in [0.2, 0.25) is 5.02 Å². The number of carbonyl (C=O) groups is 1. The van der Waals surface area contributed by atoms with Crippen molar-refractivity contribution in [3.05, 3.63) is 22.8 Å². The van der Waals surface area contributed by atoms with Gasteiger partial charge in [0.05, 0.1) is 16.3 Å². The molecule has 1 aliphatic heterocycles. The lowest BCUT2D eigenvalue weighted by Gasteiger charge is -2.44. The van der Waals surface area contributed by atoms with E-state index in [9.17, 15) is 4.79 Å². The molecule has 0 atom stereocenters. The third-order valence-electron chi connectivity index (χ3n) is 3.77. The highest BCUT2D eigenvalue weighted by Gasteiger charge is 2.40. The van der Waals surface area contributed by atoms with Crippen molar-refractivity contribution in [2.24, 2.45) is 5.84 Å². The number of nitrogens with zero attached hydrogens (tertiary/aromatic N) is 3. The molecule has 1 aromatic rings. The lowest BCUT2D eigenvalue weighted by atomic mass is 9.97. The first-order valence-electron chi connectivity index (χ1n) is 6.49. The molecule has 1 fully saturated rings. The monoisotopic (exact) mass is 297 g/mol. The quantitative estimate of drug-likeness (QED) is 0.645. The molecule has 0 bridgehead atoms. The Labute approximate surface area is 123 Å². The first-order chi connectivity index (χ1) is 9.36. The zero-order chi connectivity index (χ0) is 14.9. The first-order valence-corrected chi connectivity index (χ1v) is 6.86. The number of pyridine rings is 1. The van der Waals surface area contributed by atoms with Gasteiger partial charge in [-0.3, -0.25) is 9.69 Å². The molecule has 3 N–H and O–H groups in total. The van der Waals surface area contributed by atoms with E-state index < -0.39 is 5.54 Å². The molecule has 0 aromatic carbocycles. The van der Waals surface area contributed by atoms with Crippen LogP contribution in [0.5, 0.6) is 0 Å². The molecule has 0 spiro atoms. The van der Waals surface area contributed by atoms with Crippen LogP contribution in [0.1, 0.15) is 19.5 Å². The van der Waals surface area contributed by atoms with Crippen molar-refractivity contribution in [1.82, 2.24) is 14.8 Å². The molecule has 2 rings (SSSR count). The number of hydrogen-bond donors (Lipinski definition) is 2. The molecule has 0 radical (unpaired) electrons. The molecular weight excluding hydrogens is 278 g/mol. The molecule has 6 nitrogen and oxygen atoms in total. The van der Waals surface area contributed by atoms with E-state index in [4.69, 9.17) is 17.4 Å². The molecule has 20 heavy (non-hydrogen) atoms. The molecule has 0 aliphatic carbocycles. The normalized spacial score (nSPS) is 19.2. The number of halogens is 1. The van der Waals surface area contributed by atoms with Crippen molar-refractivity contribution in [3.63, 3.8) is 0 Å². The maximum absolute atomic E-state index is 12.3. The van der Waals surface area contributed by atoms with Crippen LogP contribution in [0.3, 0.4) is 0 Å². The molecule has 0 saturated carbocycles. The topological polar surface area (TPSA) is 74.5 Å². The average Bonchev–Trinajstić information content (AvgIpc) is 2.42. The van der Waals surface area contributed by atoms with Crippen molar-refractivity contribution < 1.29 is 4.79 Å². The van der Waals surface area contributed by atoms with Crippen molar-refractivity contribution in [1.29, 1.82) is 0 Å². The summed E-state index contributed by atoms with van der Waals surface area (Å²) in [5.41, 5.74) is 2.65. The van der Waals surface area contributed by atoms with E-state index in [1.54, 1.807) is 17.0 Å². The van der Waals surface area contributed by atoms with Crippen LogP contribution in [0, 0.1) is 0 Å². The Morgan fingerprint density at radius 1 is 1.45 bits per heavy atom. The summed E-state index contributed by atoms with van der Waals surface area (Å²) >= 11 is 6.18. The van der Waals surface area contributed by atoms with E-state index in [1.807, 2.05) is 20.9 Å². The number of likely N-dealkylation sites (N-methyl/N-ethyl adjacent to an activating group) is 1. The third-order valence-corrected chi connectivity index (χ3v) is 4.12. The lowest BCUT2D eigenvalue weighted by molar-refractivity contribution is -0.147. The van der Waals surface area contributed by atoms with E-state index in [2.05, 4.69) is 15.3 Å². The average molecular weight is 298 g/mol.